The lowest BCUT2D eigenvalue weighted by atomic mass is 10.7. The predicted octanol–water partition coefficient (Wildman–Crippen LogP) is 2.18. The maximum Gasteiger partial charge on any atom is 0.250 e. The Kier molecular flexibility index (Phi) is 4.37. The largest absolute Gasteiger partial charge is 0.250 e. The van der Waals surface area contributed by atoms with Gasteiger partial charge in [0, 0.05) is 11.9 Å². The van der Waals surface area contributed by atoms with Crippen molar-refractivity contribution in [2.75, 3.05) is 11.9 Å². The van der Waals surface area contributed by atoms with Crippen molar-refractivity contribution in [3.05, 3.63) is 15.9 Å². The molecule has 0 atom stereocenters. The zero-order valence-electron chi connectivity index (χ0n) is 6.46. The van der Waals surface area contributed by atoms with Gasteiger partial charge in [0.25, 0.3) is 0 Å². The van der Waals surface area contributed by atoms with E-state index < -0.39 is 10.0 Å². The number of hydrogen-bond acceptors (Lipinski definition) is 3. The molecule has 0 aliphatic heterocycles. The Morgan fingerprint density at radius 3 is 2.62 bits per heavy atom. The van der Waals surface area contributed by atoms with Crippen LogP contribution >= 0.6 is 43.2 Å². The van der Waals surface area contributed by atoms with E-state index >= 15 is 0 Å². The van der Waals surface area contributed by atoms with Gasteiger partial charge in [-0.15, -0.1) is 11.3 Å². The molecule has 13 heavy (non-hydrogen) atoms. The monoisotopic (exact) mass is 347 g/mol. The van der Waals surface area contributed by atoms with Gasteiger partial charge >= 0.3 is 0 Å². The highest BCUT2D eigenvalue weighted by atomic mass is 79.9. The lowest BCUT2D eigenvalue weighted by molar-refractivity contribution is 0.586. The lowest BCUT2D eigenvalue weighted by Crippen LogP contribution is -2.24. The van der Waals surface area contributed by atoms with Crippen LogP contribution in [-0.2, 0) is 10.0 Å². The van der Waals surface area contributed by atoms with E-state index in [9.17, 15) is 8.42 Å². The number of thiophene rings is 1. The summed E-state index contributed by atoms with van der Waals surface area (Å²) in [6.45, 7) is 0.401. The number of hydrogen-bond donors (Lipinski definition) is 1. The summed E-state index contributed by atoms with van der Waals surface area (Å²) in [5.74, 6) is 0. The standard InChI is InChI=1S/C6H7Br2NO2S2/c7-3-4-9-13(10,11)6-2-1-5(8)12-6/h1-2,9H,3-4H2. The summed E-state index contributed by atoms with van der Waals surface area (Å²) in [6, 6.07) is 3.29. The van der Waals surface area contributed by atoms with E-state index in [4.69, 9.17) is 0 Å². The molecule has 3 nitrogen and oxygen atoms in total. The minimum Gasteiger partial charge on any atom is -0.210 e. The minimum absolute atomic E-state index is 0.334. The molecular formula is C6H7Br2NO2S2. The van der Waals surface area contributed by atoms with Crippen LogP contribution in [0.25, 0.3) is 0 Å². The first kappa shape index (κ1) is 11.6. The van der Waals surface area contributed by atoms with E-state index in [1.165, 1.54) is 11.3 Å². The molecule has 0 saturated heterocycles. The maximum atomic E-state index is 11.5. The summed E-state index contributed by atoms with van der Waals surface area (Å²) in [5, 5.41) is 0.610. The Morgan fingerprint density at radius 2 is 2.15 bits per heavy atom. The zero-order chi connectivity index (χ0) is 9.90. The number of alkyl halides is 1. The smallest absolute Gasteiger partial charge is 0.210 e. The summed E-state index contributed by atoms with van der Waals surface area (Å²) in [5.41, 5.74) is 0. The van der Waals surface area contributed by atoms with Gasteiger partial charge in [0.05, 0.1) is 3.79 Å². The van der Waals surface area contributed by atoms with E-state index in [-0.39, 0.29) is 0 Å². The van der Waals surface area contributed by atoms with E-state index in [1.807, 2.05) is 0 Å². The molecule has 0 fully saturated rings. The fourth-order valence-electron chi connectivity index (χ4n) is 0.686. The average molecular weight is 349 g/mol. The van der Waals surface area contributed by atoms with Gasteiger partial charge in [-0.05, 0) is 28.1 Å². The first-order valence-electron chi connectivity index (χ1n) is 3.37. The molecular weight excluding hydrogens is 342 g/mol. The van der Waals surface area contributed by atoms with Gasteiger partial charge < -0.3 is 0 Å². The van der Waals surface area contributed by atoms with E-state index in [1.54, 1.807) is 12.1 Å². The molecule has 0 amide bonds. The Labute approximate surface area is 97.8 Å². The fraction of sp³-hybridized carbons (Fsp3) is 0.333. The van der Waals surface area contributed by atoms with E-state index in [0.29, 0.717) is 16.1 Å². The highest BCUT2D eigenvalue weighted by Crippen LogP contribution is 2.25. The molecule has 0 aliphatic rings. The number of halogens is 2. The molecule has 0 aromatic carbocycles. The van der Waals surface area contributed by atoms with Crippen molar-refractivity contribution in [3.63, 3.8) is 0 Å². The van der Waals surface area contributed by atoms with Gasteiger partial charge in [0.1, 0.15) is 4.21 Å². The molecule has 1 aromatic heterocycles. The molecule has 74 valence electrons. The van der Waals surface area contributed by atoms with Crippen molar-refractivity contribution >= 4 is 53.2 Å². The van der Waals surface area contributed by atoms with Crippen molar-refractivity contribution < 1.29 is 8.42 Å². The van der Waals surface area contributed by atoms with Crippen LogP contribution in [0.2, 0.25) is 0 Å². The van der Waals surface area contributed by atoms with Gasteiger partial charge in [0.15, 0.2) is 0 Å². The third kappa shape index (κ3) is 3.32. The summed E-state index contributed by atoms with van der Waals surface area (Å²) >= 11 is 7.55. The van der Waals surface area contributed by atoms with Crippen LogP contribution in [0.3, 0.4) is 0 Å². The first-order chi connectivity index (χ1) is 6.06. The molecule has 0 aliphatic carbocycles. The van der Waals surface area contributed by atoms with Crippen molar-refractivity contribution in [3.8, 4) is 0 Å². The molecule has 0 spiro atoms. The Morgan fingerprint density at radius 1 is 1.46 bits per heavy atom. The average Bonchev–Trinajstić information content (AvgIpc) is 2.49. The summed E-state index contributed by atoms with van der Waals surface area (Å²) in [6.07, 6.45) is 0. The van der Waals surface area contributed by atoms with Gasteiger partial charge in [-0.2, -0.15) is 0 Å². The Hall–Kier alpha value is 0.570. The second-order valence-corrected chi connectivity index (χ2v) is 7.40. The summed E-state index contributed by atoms with van der Waals surface area (Å²) < 4.78 is 26.5. The molecule has 1 aromatic rings. The molecule has 0 unspecified atom stereocenters. The van der Waals surface area contributed by atoms with Crippen LogP contribution in [0.15, 0.2) is 20.1 Å². The second kappa shape index (κ2) is 4.88. The molecule has 0 bridgehead atoms. The van der Waals surface area contributed by atoms with Crippen LogP contribution < -0.4 is 4.72 Å². The van der Waals surface area contributed by atoms with Crippen LogP contribution in [0, 0.1) is 0 Å². The van der Waals surface area contributed by atoms with Crippen LogP contribution in [0.4, 0.5) is 0 Å². The van der Waals surface area contributed by atoms with E-state index in [2.05, 4.69) is 36.6 Å². The van der Waals surface area contributed by atoms with Crippen molar-refractivity contribution in [2.24, 2.45) is 0 Å². The third-order valence-electron chi connectivity index (χ3n) is 1.20. The molecule has 0 radical (unpaired) electrons. The van der Waals surface area contributed by atoms with Crippen molar-refractivity contribution in [1.29, 1.82) is 0 Å². The SMILES string of the molecule is O=S(=O)(NCCBr)c1ccc(Br)s1. The Bertz CT molecular complexity index is 374. The minimum atomic E-state index is -3.29. The molecule has 0 saturated carbocycles. The summed E-state index contributed by atoms with van der Waals surface area (Å²) in [7, 11) is -3.29. The number of sulfonamides is 1. The van der Waals surface area contributed by atoms with Gasteiger partial charge in [-0.25, -0.2) is 13.1 Å². The van der Waals surface area contributed by atoms with Gasteiger partial charge in [0.2, 0.25) is 10.0 Å². The Balaban J connectivity index is 2.82. The normalized spacial score (nSPS) is 11.8. The van der Waals surface area contributed by atoms with Crippen molar-refractivity contribution in [2.45, 2.75) is 4.21 Å². The number of nitrogens with one attached hydrogen (secondary N) is 1. The molecule has 1 rings (SSSR count). The highest BCUT2D eigenvalue weighted by molar-refractivity contribution is 9.11. The summed E-state index contributed by atoms with van der Waals surface area (Å²) in [4.78, 5) is 0. The first-order valence-corrected chi connectivity index (χ1v) is 7.58. The third-order valence-corrected chi connectivity index (χ3v) is 5.17. The van der Waals surface area contributed by atoms with Crippen LogP contribution in [0.5, 0.6) is 0 Å². The molecule has 7 heteroatoms. The topological polar surface area (TPSA) is 46.2 Å². The van der Waals surface area contributed by atoms with Crippen LogP contribution in [0.1, 0.15) is 0 Å². The second-order valence-electron chi connectivity index (χ2n) is 2.15. The van der Waals surface area contributed by atoms with Gasteiger partial charge in [-0.3, -0.25) is 0 Å². The lowest BCUT2D eigenvalue weighted by Gasteiger charge is -2.00. The number of rotatable bonds is 4. The maximum absolute atomic E-state index is 11.5. The van der Waals surface area contributed by atoms with Gasteiger partial charge in [-0.1, -0.05) is 15.9 Å². The predicted molar refractivity (Wildman–Crippen MR) is 61.0 cm³/mol. The highest BCUT2D eigenvalue weighted by Gasteiger charge is 2.14. The quantitative estimate of drug-likeness (QED) is 0.848. The van der Waals surface area contributed by atoms with Crippen molar-refractivity contribution in [1.82, 2.24) is 4.72 Å². The fourth-order valence-corrected chi connectivity index (χ4v) is 4.23. The molecule has 1 heterocycles. The van der Waals surface area contributed by atoms with E-state index in [0.717, 1.165) is 3.79 Å². The molecule has 1 N–H and O–H groups in total. The van der Waals surface area contributed by atoms with Crippen LogP contribution in [-0.4, -0.2) is 20.3 Å². The zero-order valence-corrected chi connectivity index (χ0v) is 11.3.